The lowest BCUT2D eigenvalue weighted by molar-refractivity contribution is -0.117. The number of oxazole rings is 1. The quantitative estimate of drug-likeness (QED) is 0.614. The van der Waals surface area contributed by atoms with Gasteiger partial charge in [-0.3, -0.25) is 9.36 Å². The number of nitrogens with two attached hydrogens (primary N) is 1. The smallest absolute Gasteiger partial charge is 0.408 e. The molecular weight excluding hydrogens is 415 g/mol. The number of nitrogens with one attached hydrogen (secondary N) is 1. The summed E-state index contributed by atoms with van der Waals surface area (Å²) in [7, 11) is 3.87. The fraction of sp³-hybridized carbons (Fsp3) is 0.300. The van der Waals surface area contributed by atoms with Gasteiger partial charge in [0, 0.05) is 18.8 Å². The van der Waals surface area contributed by atoms with Crippen molar-refractivity contribution in [1.82, 2.24) is 9.47 Å². The molecule has 0 bridgehead atoms. The molecule has 3 N–H and O–H groups in total. The number of aryl methyl sites for hydroxylation is 1. The third-order valence-electron chi connectivity index (χ3n) is 4.42. The Labute approximate surface area is 181 Å². The standard InChI is InChI=1S/C20H24N4O3.2ClH/c1-13-4-6-14(7-5-13)18(21)19(25)22-15-8-9-17-16(12-15)24(20(26)27-17)11-10-23(2)3;;/h4-9,12,18H,10-11,21H2,1-3H3,(H,22,25);2*1H. The van der Waals surface area contributed by atoms with Crippen LogP contribution in [0.25, 0.3) is 11.1 Å². The highest BCUT2D eigenvalue weighted by molar-refractivity contribution is 5.96. The molecular formula is C20H26Cl2N4O3. The van der Waals surface area contributed by atoms with Crippen LogP contribution < -0.4 is 16.8 Å². The van der Waals surface area contributed by atoms with E-state index in [1.807, 2.05) is 50.2 Å². The first-order valence-corrected chi connectivity index (χ1v) is 8.76. The summed E-state index contributed by atoms with van der Waals surface area (Å²) in [5.74, 6) is -0.726. The molecule has 0 aliphatic rings. The molecule has 0 spiro atoms. The van der Waals surface area contributed by atoms with Crippen molar-refractivity contribution >= 4 is 47.5 Å². The zero-order valence-corrected chi connectivity index (χ0v) is 18.2. The van der Waals surface area contributed by atoms with Gasteiger partial charge in [0.15, 0.2) is 5.58 Å². The number of likely N-dealkylation sites (N-methyl/N-ethyl adjacent to an activating group) is 1. The highest BCUT2D eigenvalue weighted by atomic mass is 35.5. The molecule has 0 aliphatic heterocycles. The van der Waals surface area contributed by atoms with Gasteiger partial charge in [-0.25, -0.2) is 4.79 Å². The highest BCUT2D eigenvalue weighted by Crippen LogP contribution is 2.20. The van der Waals surface area contributed by atoms with Gasteiger partial charge < -0.3 is 20.4 Å². The summed E-state index contributed by atoms with van der Waals surface area (Å²) in [6.07, 6.45) is 0. The molecule has 1 heterocycles. The highest BCUT2D eigenvalue weighted by Gasteiger charge is 2.17. The second kappa shape index (κ2) is 10.5. The number of carbonyl (C=O) groups is 1. The SMILES string of the molecule is Cc1ccc(C(N)C(=O)Nc2ccc3oc(=O)n(CCN(C)C)c3c2)cc1.Cl.Cl. The summed E-state index contributed by atoms with van der Waals surface area (Å²) in [6.45, 7) is 3.17. The minimum absolute atomic E-state index is 0. The largest absolute Gasteiger partial charge is 0.419 e. The molecule has 1 atom stereocenters. The van der Waals surface area contributed by atoms with Crippen LogP contribution in [0.2, 0.25) is 0 Å². The predicted molar refractivity (Wildman–Crippen MR) is 120 cm³/mol. The molecule has 0 aliphatic carbocycles. The van der Waals surface area contributed by atoms with E-state index in [1.54, 1.807) is 22.8 Å². The van der Waals surface area contributed by atoms with Gasteiger partial charge in [0.05, 0.1) is 5.52 Å². The van der Waals surface area contributed by atoms with Gasteiger partial charge in [0.25, 0.3) is 0 Å². The van der Waals surface area contributed by atoms with Crippen molar-refractivity contribution in [2.45, 2.75) is 19.5 Å². The molecule has 0 fully saturated rings. The van der Waals surface area contributed by atoms with E-state index in [9.17, 15) is 9.59 Å². The summed E-state index contributed by atoms with van der Waals surface area (Å²) in [5, 5.41) is 2.82. The predicted octanol–water partition coefficient (Wildman–Crippen LogP) is 2.95. The van der Waals surface area contributed by atoms with Crippen molar-refractivity contribution in [3.8, 4) is 0 Å². The van der Waals surface area contributed by atoms with Crippen LogP contribution in [0.3, 0.4) is 0 Å². The van der Waals surface area contributed by atoms with Crippen molar-refractivity contribution in [2.24, 2.45) is 5.73 Å². The number of rotatable bonds is 6. The first-order chi connectivity index (χ1) is 12.8. The average molecular weight is 441 g/mol. The molecule has 3 rings (SSSR count). The van der Waals surface area contributed by atoms with E-state index < -0.39 is 11.8 Å². The van der Waals surface area contributed by atoms with E-state index >= 15 is 0 Å². The van der Waals surface area contributed by atoms with Crippen LogP contribution >= 0.6 is 24.8 Å². The van der Waals surface area contributed by atoms with Crippen LogP contribution in [-0.2, 0) is 11.3 Å². The van der Waals surface area contributed by atoms with Crippen LogP contribution in [0.15, 0.2) is 51.7 Å². The number of carbonyl (C=O) groups excluding carboxylic acids is 1. The molecule has 0 radical (unpaired) electrons. The number of nitrogens with zero attached hydrogens (tertiary/aromatic N) is 2. The molecule has 2 aromatic carbocycles. The van der Waals surface area contributed by atoms with Gasteiger partial charge in [-0.1, -0.05) is 29.8 Å². The van der Waals surface area contributed by atoms with Crippen molar-refractivity contribution in [2.75, 3.05) is 26.0 Å². The molecule has 1 aromatic heterocycles. The maximum atomic E-state index is 12.5. The van der Waals surface area contributed by atoms with Crippen molar-refractivity contribution in [3.63, 3.8) is 0 Å². The van der Waals surface area contributed by atoms with E-state index in [0.717, 1.165) is 11.1 Å². The molecule has 1 unspecified atom stereocenters. The van der Waals surface area contributed by atoms with Gasteiger partial charge in [0.2, 0.25) is 5.91 Å². The maximum Gasteiger partial charge on any atom is 0.419 e. The number of aromatic nitrogens is 1. The van der Waals surface area contributed by atoms with Crippen LogP contribution in [0.1, 0.15) is 17.2 Å². The molecule has 0 saturated carbocycles. The Kier molecular flexibility index (Phi) is 8.91. The molecule has 1 amide bonds. The van der Waals surface area contributed by atoms with Crippen LogP contribution in [0.4, 0.5) is 5.69 Å². The first-order valence-electron chi connectivity index (χ1n) is 8.76. The van der Waals surface area contributed by atoms with Crippen LogP contribution in [0, 0.1) is 6.92 Å². The summed E-state index contributed by atoms with van der Waals surface area (Å²) >= 11 is 0. The van der Waals surface area contributed by atoms with Gasteiger partial charge in [-0.05, 0) is 44.8 Å². The second-order valence-electron chi connectivity index (χ2n) is 6.88. The molecule has 3 aromatic rings. The van der Waals surface area contributed by atoms with E-state index in [2.05, 4.69) is 5.32 Å². The first kappa shape index (κ1) is 24.7. The Morgan fingerprint density at radius 3 is 2.45 bits per heavy atom. The molecule has 9 heteroatoms. The second-order valence-corrected chi connectivity index (χ2v) is 6.88. The van der Waals surface area contributed by atoms with Crippen molar-refractivity contribution < 1.29 is 9.21 Å². The molecule has 7 nitrogen and oxygen atoms in total. The maximum absolute atomic E-state index is 12.5. The Hall–Kier alpha value is -2.32. The number of amides is 1. The third-order valence-corrected chi connectivity index (χ3v) is 4.42. The minimum Gasteiger partial charge on any atom is -0.408 e. The lowest BCUT2D eigenvalue weighted by atomic mass is 10.1. The van der Waals surface area contributed by atoms with E-state index in [4.69, 9.17) is 10.2 Å². The van der Waals surface area contributed by atoms with E-state index in [-0.39, 0.29) is 30.7 Å². The van der Waals surface area contributed by atoms with Gasteiger partial charge in [-0.15, -0.1) is 24.8 Å². The van der Waals surface area contributed by atoms with Crippen LogP contribution in [0.5, 0.6) is 0 Å². The van der Waals surface area contributed by atoms with Gasteiger partial charge in [-0.2, -0.15) is 0 Å². The van der Waals surface area contributed by atoms with Gasteiger partial charge >= 0.3 is 5.76 Å². The third kappa shape index (κ3) is 5.83. The molecule has 158 valence electrons. The fourth-order valence-corrected chi connectivity index (χ4v) is 2.80. The number of hydrogen-bond acceptors (Lipinski definition) is 5. The molecule has 29 heavy (non-hydrogen) atoms. The summed E-state index contributed by atoms with van der Waals surface area (Å²) in [4.78, 5) is 26.6. The minimum atomic E-state index is -0.776. The van der Waals surface area contributed by atoms with E-state index in [1.165, 1.54) is 0 Å². The Bertz CT molecular complexity index is 1010. The van der Waals surface area contributed by atoms with Crippen molar-refractivity contribution in [1.29, 1.82) is 0 Å². The average Bonchev–Trinajstić information content (AvgIpc) is 2.94. The molecule has 0 saturated heterocycles. The lowest BCUT2D eigenvalue weighted by Crippen LogP contribution is -2.27. The topological polar surface area (TPSA) is 93.5 Å². The fourth-order valence-electron chi connectivity index (χ4n) is 2.80. The number of anilines is 1. The van der Waals surface area contributed by atoms with Crippen LogP contribution in [-0.4, -0.2) is 36.0 Å². The number of benzene rings is 2. The summed E-state index contributed by atoms with van der Waals surface area (Å²) in [5.41, 5.74) is 9.61. The van der Waals surface area contributed by atoms with Crippen molar-refractivity contribution in [3.05, 3.63) is 64.1 Å². The number of fused-ring (bicyclic) bond motifs is 1. The van der Waals surface area contributed by atoms with Gasteiger partial charge in [0.1, 0.15) is 6.04 Å². The lowest BCUT2D eigenvalue weighted by Gasteiger charge is -2.13. The van der Waals surface area contributed by atoms with E-state index in [0.29, 0.717) is 29.9 Å². The Morgan fingerprint density at radius 1 is 1.17 bits per heavy atom. The zero-order chi connectivity index (χ0) is 19.6. The number of hydrogen-bond donors (Lipinski definition) is 2. The Balaban J connectivity index is 0.00000210. The Morgan fingerprint density at radius 2 is 1.83 bits per heavy atom. The summed E-state index contributed by atoms with van der Waals surface area (Å²) in [6, 6.07) is 11.9. The summed E-state index contributed by atoms with van der Waals surface area (Å²) < 4.78 is 6.83. The number of halogens is 2. The monoisotopic (exact) mass is 440 g/mol. The zero-order valence-electron chi connectivity index (χ0n) is 16.5. The normalized spacial score (nSPS) is 11.6.